The summed E-state index contributed by atoms with van der Waals surface area (Å²) in [4.78, 5) is 12.5. The Hall–Kier alpha value is -3.32. The van der Waals surface area contributed by atoms with E-state index in [0.717, 1.165) is 36.0 Å². The van der Waals surface area contributed by atoms with Gasteiger partial charge in [0.2, 0.25) is 0 Å². The summed E-state index contributed by atoms with van der Waals surface area (Å²) in [6, 6.07) is 15.1. The van der Waals surface area contributed by atoms with Gasteiger partial charge in [0.25, 0.3) is 5.91 Å². The Balaban J connectivity index is 1.54. The molecule has 1 amide bonds. The molecule has 1 fully saturated rings. The predicted octanol–water partition coefficient (Wildman–Crippen LogP) is 5.11. The van der Waals surface area contributed by atoms with E-state index in [-0.39, 0.29) is 11.8 Å². The number of carbonyl (C=O) groups excluding carboxylic acids is 1. The Morgan fingerprint density at radius 1 is 1.07 bits per heavy atom. The molecule has 0 unspecified atom stereocenters. The summed E-state index contributed by atoms with van der Waals surface area (Å²) >= 11 is 0. The van der Waals surface area contributed by atoms with Crippen molar-refractivity contribution >= 4 is 16.7 Å². The maximum Gasteiger partial charge on any atom is 0.416 e. The largest absolute Gasteiger partial charge is 0.457 e. The van der Waals surface area contributed by atoms with Gasteiger partial charge in [0, 0.05) is 35.7 Å². The van der Waals surface area contributed by atoms with Crippen molar-refractivity contribution in [2.24, 2.45) is 5.92 Å². The minimum atomic E-state index is -4.39. The molecule has 4 nitrogen and oxygen atoms in total. The molecular weight excluding hydrogens is 393 g/mol. The molecule has 0 aliphatic carbocycles. The van der Waals surface area contributed by atoms with E-state index in [9.17, 15) is 18.0 Å². The highest BCUT2D eigenvalue weighted by atomic mass is 19.4. The van der Waals surface area contributed by atoms with Crippen LogP contribution in [0.15, 0.2) is 72.9 Å². The molecule has 3 aromatic carbocycles. The van der Waals surface area contributed by atoms with Crippen LogP contribution in [0.4, 0.5) is 13.2 Å². The predicted molar refractivity (Wildman–Crippen MR) is 108 cm³/mol. The van der Waals surface area contributed by atoms with Crippen molar-refractivity contribution in [3.63, 3.8) is 0 Å². The van der Waals surface area contributed by atoms with E-state index in [4.69, 9.17) is 4.74 Å². The van der Waals surface area contributed by atoms with Crippen molar-refractivity contribution in [1.82, 2.24) is 10.6 Å². The third kappa shape index (κ3) is 4.16. The van der Waals surface area contributed by atoms with Crippen LogP contribution >= 0.6 is 0 Å². The number of alkyl halides is 3. The third-order valence-electron chi connectivity index (χ3n) is 5.06. The van der Waals surface area contributed by atoms with Crippen LogP contribution in [0.2, 0.25) is 0 Å². The van der Waals surface area contributed by atoms with Crippen molar-refractivity contribution in [2.75, 3.05) is 13.1 Å². The fourth-order valence-electron chi connectivity index (χ4n) is 3.18. The lowest BCUT2D eigenvalue weighted by molar-refractivity contribution is -0.137. The molecule has 1 aliphatic heterocycles. The number of amides is 1. The molecule has 4 rings (SSSR count). The van der Waals surface area contributed by atoms with Gasteiger partial charge in [-0.05, 0) is 53.9 Å². The van der Waals surface area contributed by atoms with Crippen molar-refractivity contribution in [1.29, 1.82) is 0 Å². The molecule has 7 heteroatoms. The summed E-state index contributed by atoms with van der Waals surface area (Å²) in [5, 5.41) is 7.50. The molecule has 0 bridgehead atoms. The van der Waals surface area contributed by atoms with Crippen LogP contribution in [0.1, 0.15) is 15.9 Å². The van der Waals surface area contributed by atoms with Crippen LogP contribution in [0.5, 0.6) is 11.5 Å². The number of carbonyl (C=O) groups is 1. The highest BCUT2D eigenvalue weighted by molar-refractivity contribution is 6.00. The maximum atomic E-state index is 12.7. The lowest BCUT2D eigenvalue weighted by atomic mass is 9.99. The summed E-state index contributed by atoms with van der Waals surface area (Å²) in [7, 11) is 0. The number of nitrogens with one attached hydrogen (secondary N) is 2. The second kappa shape index (κ2) is 7.84. The normalized spacial score (nSPS) is 14.2. The molecule has 0 saturated carbocycles. The van der Waals surface area contributed by atoms with Gasteiger partial charge in [-0.3, -0.25) is 4.79 Å². The van der Waals surface area contributed by atoms with Gasteiger partial charge in [-0.2, -0.15) is 13.2 Å². The Morgan fingerprint density at radius 2 is 1.80 bits per heavy atom. The lowest BCUT2D eigenvalue weighted by Gasteiger charge is -2.29. The van der Waals surface area contributed by atoms with Gasteiger partial charge in [0.1, 0.15) is 11.5 Å². The standard InChI is InChI=1S/C23H19F3N2O2/c1-14(17-12-27-13-17)28-22(29)16-5-10-20-15(11-16)3-2-4-21(20)30-19-8-6-18(7-9-19)23(24,25)26/h2-11,17,27H,1,12-13H2,(H,28,29). The first-order valence-electron chi connectivity index (χ1n) is 9.40. The van der Waals surface area contributed by atoms with Gasteiger partial charge in [-0.15, -0.1) is 0 Å². The van der Waals surface area contributed by atoms with E-state index in [0.29, 0.717) is 22.8 Å². The molecule has 30 heavy (non-hydrogen) atoms. The first-order valence-corrected chi connectivity index (χ1v) is 9.40. The van der Waals surface area contributed by atoms with E-state index >= 15 is 0 Å². The summed E-state index contributed by atoms with van der Waals surface area (Å²) in [5.74, 6) is 0.799. The van der Waals surface area contributed by atoms with E-state index in [1.807, 2.05) is 6.07 Å². The molecule has 1 saturated heterocycles. The molecule has 1 heterocycles. The van der Waals surface area contributed by atoms with E-state index in [1.54, 1.807) is 30.3 Å². The number of halogens is 3. The van der Waals surface area contributed by atoms with Gasteiger partial charge in [0.05, 0.1) is 5.56 Å². The Bertz CT molecular complexity index is 1100. The monoisotopic (exact) mass is 412 g/mol. The molecule has 0 atom stereocenters. The molecule has 0 spiro atoms. The smallest absolute Gasteiger partial charge is 0.416 e. The SMILES string of the molecule is C=C(NC(=O)c1ccc2c(Oc3ccc(C(F)(F)F)cc3)cccc2c1)C1CNC1. The number of ether oxygens (including phenoxy) is 1. The number of benzene rings is 3. The molecular formula is C23H19F3N2O2. The Morgan fingerprint density at radius 3 is 2.43 bits per heavy atom. The zero-order chi connectivity index (χ0) is 21.3. The summed E-state index contributed by atoms with van der Waals surface area (Å²) in [6.07, 6.45) is -4.39. The summed E-state index contributed by atoms with van der Waals surface area (Å²) in [5.41, 5.74) is 0.448. The molecule has 0 aromatic heterocycles. The molecule has 154 valence electrons. The Kier molecular flexibility index (Phi) is 5.22. The zero-order valence-electron chi connectivity index (χ0n) is 15.9. The van der Waals surface area contributed by atoms with E-state index in [1.165, 1.54) is 12.1 Å². The minimum Gasteiger partial charge on any atom is -0.457 e. The van der Waals surface area contributed by atoms with Crippen molar-refractivity contribution in [2.45, 2.75) is 6.18 Å². The van der Waals surface area contributed by atoms with Crippen LogP contribution in [-0.4, -0.2) is 19.0 Å². The molecule has 3 aromatic rings. The van der Waals surface area contributed by atoms with Gasteiger partial charge >= 0.3 is 6.18 Å². The number of hydrogen-bond acceptors (Lipinski definition) is 3. The van der Waals surface area contributed by atoms with Crippen LogP contribution in [0, 0.1) is 5.92 Å². The van der Waals surface area contributed by atoms with Gasteiger partial charge in [0.15, 0.2) is 0 Å². The summed E-state index contributed by atoms with van der Waals surface area (Å²) in [6.45, 7) is 5.54. The third-order valence-corrected chi connectivity index (χ3v) is 5.06. The van der Waals surface area contributed by atoms with Gasteiger partial charge in [-0.1, -0.05) is 18.7 Å². The average molecular weight is 412 g/mol. The molecule has 2 N–H and O–H groups in total. The van der Waals surface area contributed by atoms with Gasteiger partial charge in [-0.25, -0.2) is 0 Å². The molecule has 0 radical (unpaired) electrons. The quantitative estimate of drug-likeness (QED) is 0.612. The second-order valence-corrected chi connectivity index (χ2v) is 7.15. The number of fused-ring (bicyclic) bond motifs is 1. The fourth-order valence-corrected chi connectivity index (χ4v) is 3.18. The first-order chi connectivity index (χ1) is 14.3. The highest BCUT2D eigenvalue weighted by Crippen LogP contribution is 2.33. The van der Waals surface area contributed by atoms with Gasteiger partial charge < -0.3 is 15.4 Å². The average Bonchev–Trinajstić information content (AvgIpc) is 2.66. The fraction of sp³-hybridized carbons (Fsp3) is 0.174. The summed E-state index contributed by atoms with van der Waals surface area (Å²) < 4.78 is 44.0. The van der Waals surface area contributed by atoms with Crippen molar-refractivity contribution < 1.29 is 22.7 Å². The Labute approximate surface area is 171 Å². The maximum absolute atomic E-state index is 12.7. The number of hydrogen-bond donors (Lipinski definition) is 2. The van der Waals surface area contributed by atoms with Crippen molar-refractivity contribution in [3.8, 4) is 11.5 Å². The van der Waals surface area contributed by atoms with Crippen LogP contribution in [-0.2, 0) is 6.18 Å². The lowest BCUT2D eigenvalue weighted by Crippen LogP contribution is -2.46. The first kappa shape index (κ1) is 20.0. The van der Waals surface area contributed by atoms with E-state index < -0.39 is 11.7 Å². The molecule has 1 aliphatic rings. The van der Waals surface area contributed by atoms with Crippen LogP contribution < -0.4 is 15.4 Å². The number of rotatable bonds is 5. The van der Waals surface area contributed by atoms with Crippen LogP contribution in [0.3, 0.4) is 0 Å². The topological polar surface area (TPSA) is 50.4 Å². The highest BCUT2D eigenvalue weighted by Gasteiger charge is 2.30. The van der Waals surface area contributed by atoms with Crippen LogP contribution in [0.25, 0.3) is 10.8 Å². The van der Waals surface area contributed by atoms with Crippen molar-refractivity contribution in [3.05, 3.63) is 84.1 Å². The zero-order valence-corrected chi connectivity index (χ0v) is 15.9. The second-order valence-electron chi connectivity index (χ2n) is 7.15. The minimum absolute atomic E-state index is 0.233. The van der Waals surface area contributed by atoms with E-state index in [2.05, 4.69) is 17.2 Å².